The van der Waals surface area contributed by atoms with Gasteiger partial charge in [0.2, 0.25) is 5.91 Å². The third-order valence-electron chi connectivity index (χ3n) is 5.26. The van der Waals surface area contributed by atoms with E-state index in [4.69, 9.17) is 4.98 Å². The first-order valence-corrected chi connectivity index (χ1v) is 12.7. The van der Waals surface area contributed by atoms with Gasteiger partial charge in [-0.1, -0.05) is 70.5 Å². The lowest BCUT2D eigenvalue weighted by Crippen LogP contribution is -2.30. The van der Waals surface area contributed by atoms with Crippen molar-refractivity contribution in [2.24, 2.45) is 0 Å². The molecule has 3 aromatic rings. The average molecular weight is 426 g/mol. The van der Waals surface area contributed by atoms with Crippen LogP contribution in [0.25, 0.3) is 11.0 Å². The molecule has 1 aromatic heterocycles. The number of imidazole rings is 1. The highest BCUT2D eigenvalue weighted by molar-refractivity contribution is 8.77. The second-order valence-corrected chi connectivity index (χ2v) is 10.3. The van der Waals surface area contributed by atoms with Gasteiger partial charge in [0.25, 0.3) is 0 Å². The number of H-pyrrole nitrogens is 1. The topological polar surface area (TPSA) is 57.8 Å². The fourth-order valence-electron chi connectivity index (χ4n) is 3.69. The Hall–Kier alpha value is -1.92. The van der Waals surface area contributed by atoms with E-state index in [1.54, 1.807) is 0 Å². The third kappa shape index (κ3) is 5.80. The number of amides is 1. The molecule has 4 nitrogen and oxygen atoms in total. The molecule has 2 aromatic carbocycles. The summed E-state index contributed by atoms with van der Waals surface area (Å²) in [6.07, 6.45) is 5.92. The molecule has 2 N–H and O–H groups in total. The van der Waals surface area contributed by atoms with Crippen molar-refractivity contribution in [1.29, 1.82) is 0 Å². The number of carbonyl (C=O) groups excluding carboxylic acids is 1. The van der Waals surface area contributed by atoms with Gasteiger partial charge in [-0.3, -0.25) is 4.79 Å². The van der Waals surface area contributed by atoms with Crippen LogP contribution in [0.2, 0.25) is 0 Å². The number of aromatic nitrogens is 2. The van der Waals surface area contributed by atoms with Crippen molar-refractivity contribution in [2.75, 3.05) is 5.75 Å². The first-order chi connectivity index (χ1) is 14.3. The SMILES string of the molecule is O=C(CCCC[C@H]1CCSS1)N[C@@H](Cc1ccccc1)c1nc2ccccc2[nH]1. The van der Waals surface area contributed by atoms with Crippen LogP contribution >= 0.6 is 21.6 Å². The molecule has 1 saturated heterocycles. The Morgan fingerprint density at radius 3 is 2.76 bits per heavy atom. The average Bonchev–Trinajstić information content (AvgIpc) is 3.41. The minimum absolute atomic E-state index is 0.111. The second kappa shape index (κ2) is 10.2. The fourth-order valence-corrected chi connectivity index (χ4v) is 6.72. The smallest absolute Gasteiger partial charge is 0.220 e. The van der Waals surface area contributed by atoms with Gasteiger partial charge in [-0.05, 0) is 43.4 Å². The molecular weight excluding hydrogens is 398 g/mol. The number of unbranched alkanes of at least 4 members (excludes halogenated alkanes) is 1. The molecule has 152 valence electrons. The zero-order chi connectivity index (χ0) is 19.9. The van der Waals surface area contributed by atoms with Gasteiger partial charge in [-0.2, -0.15) is 0 Å². The monoisotopic (exact) mass is 425 g/mol. The van der Waals surface area contributed by atoms with Crippen molar-refractivity contribution in [2.45, 2.75) is 49.8 Å². The van der Waals surface area contributed by atoms with Crippen molar-refractivity contribution in [3.8, 4) is 0 Å². The summed E-state index contributed by atoms with van der Waals surface area (Å²) in [5.74, 6) is 2.21. The summed E-state index contributed by atoms with van der Waals surface area (Å²) in [7, 11) is 4.00. The van der Waals surface area contributed by atoms with E-state index in [9.17, 15) is 4.79 Å². The van der Waals surface area contributed by atoms with Gasteiger partial charge in [-0.25, -0.2) is 4.98 Å². The van der Waals surface area contributed by atoms with E-state index in [2.05, 4.69) is 22.4 Å². The van der Waals surface area contributed by atoms with Crippen molar-refractivity contribution in [3.63, 3.8) is 0 Å². The first-order valence-electron chi connectivity index (χ1n) is 10.3. The van der Waals surface area contributed by atoms with Gasteiger partial charge < -0.3 is 10.3 Å². The van der Waals surface area contributed by atoms with Crippen molar-refractivity contribution < 1.29 is 4.79 Å². The Balaban J connectivity index is 1.38. The van der Waals surface area contributed by atoms with Gasteiger partial charge in [0, 0.05) is 17.4 Å². The predicted octanol–water partition coefficient (Wildman–Crippen LogP) is 5.68. The number of fused-ring (bicyclic) bond motifs is 1. The molecule has 29 heavy (non-hydrogen) atoms. The quantitative estimate of drug-likeness (QED) is 0.342. The molecule has 4 rings (SSSR count). The molecule has 1 aliphatic rings. The first kappa shape index (κ1) is 20.4. The lowest BCUT2D eigenvalue weighted by atomic mass is 10.0. The Labute approximate surface area is 180 Å². The van der Waals surface area contributed by atoms with Gasteiger partial charge in [0.15, 0.2) is 0 Å². The van der Waals surface area contributed by atoms with Crippen LogP contribution in [0.5, 0.6) is 0 Å². The number of benzene rings is 2. The van der Waals surface area contributed by atoms with Crippen LogP contribution in [0.15, 0.2) is 54.6 Å². The Morgan fingerprint density at radius 2 is 1.97 bits per heavy atom. The summed E-state index contributed by atoms with van der Waals surface area (Å²) in [6.45, 7) is 0. The molecule has 0 spiro atoms. The molecule has 1 amide bonds. The van der Waals surface area contributed by atoms with Gasteiger partial charge in [0.05, 0.1) is 17.1 Å². The molecule has 6 heteroatoms. The summed E-state index contributed by atoms with van der Waals surface area (Å²) in [6, 6.07) is 18.1. The highest BCUT2D eigenvalue weighted by Gasteiger charge is 2.20. The fraction of sp³-hybridized carbons (Fsp3) is 0.391. The van der Waals surface area contributed by atoms with Crippen LogP contribution < -0.4 is 5.32 Å². The standard InChI is InChI=1S/C23H27N3OS2/c27-22(13-7-4-10-18-14-15-28-29-18)24-21(16-17-8-2-1-3-9-17)23-25-19-11-5-6-12-20(19)26-23/h1-3,5-6,8-9,11-12,18,21H,4,7,10,13-16H2,(H,24,27)(H,25,26)/t18-,21-/m0/s1. The number of carbonyl (C=O) groups is 1. The molecule has 2 atom stereocenters. The maximum Gasteiger partial charge on any atom is 0.220 e. The number of nitrogens with zero attached hydrogens (tertiary/aromatic N) is 1. The van der Waals surface area contributed by atoms with Crippen molar-refractivity contribution in [1.82, 2.24) is 15.3 Å². The van der Waals surface area contributed by atoms with E-state index >= 15 is 0 Å². The van der Waals surface area contributed by atoms with Gasteiger partial charge >= 0.3 is 0 Å². The minimum atomic E-state index is -0.154. The molecule has 2 heterocycles. The highest BCUT2D eigenvalue weighted by Crippen LogP contribution is 2.39. The molecule has 1 aliphatic heterocycles. The highest BCUT2D eigenvalue weighted by atomic mass is 33.1. The normalized spacial score (nSPS) is 17.4. The van der Waals surface area contributed by atoms with Crippen molar-refractivity contribution in [3.05, 3.63) is 66.0 Å². The van der Waals surface area contributed by atoms with E-state index in [0.29, 0.717) is 6.42 Å². The van der Waals surface area contributed by atoms with E-state index in [-0.39, 0.29) is 11.9 Å². The Morgan fingerprint density at radius 1 is 1.14 bits per heavy atom. The molecule has 0 radical (unpaired) electrons. The number of para-hydroxylation sites is 2. The molecule has 0 bridgehead atoms. The molecule has 1 fully saturated rings. The zero-order valence-electron chi connectivity index (χ0n) is 16.5. The molecule has 0 saturated carbocycles. The van der Waals surface area contributed by atoms with Gasteiger partial charge in [-0.15, -0.1) is 0 Å². The molecule has 0 aliphatic carbocycles. The van der Waals surface area contributed by atoms with Crippen LogP contribution in [0, 0.1) is 0 Å². The van der Waals surface area contributed by atoms with Crippen LogP contribution in [0.3, 0.4) is 0 Å². The maximum atomic E-state index is 12.7. The number of rotatable bonds is 9. The third-order valence-corrected chi connectivity index (χ3v) is 8.27. The summed E-state index contributed by atoms with van der Waals surface area (Å²) < 4.78 is 0. The summed E-state index contributed by atoms with van der Waals surface area (Å²) in [5, 5.41) is 4.01. The molecule has 0 unspecified atom stereocenters. The number of aromatic amines is 1. The van der Waals surface area contributed by atoms with Gasteiger partial charge in [0.1, 0.15) is 5.82 Å². The van der Waals surface area contributed by atoms with Crippen LogP contribution in [0.4, 0.5) is 0 Å². The summed E-state index contributed by atoms with van der Waals surface area (Å²) in [5.41, 5.74) is 3.12. The van der Waals surface area contributed by atoms with E-state index < -0.39 is 0 Å². The summed E-state index contributed by atoms with van der Waals surface area (Å²) >= 11 is 0. The van der Waals surface area contributed by atoms with E-state index in [1.165, 1.54) is 24.2 Å². The summed E-state index contributed by atoms with van der Waals surface area (Å²) in [4.78, 5) is 20.8. The molecular formula is C23H27N3OS2. The second-order valence-electron chi connectivity index (χ2n) is 7.52. The zero-order valence-corrected chi connectivity index (χ0v) is 18.1. The maximum absolute atomic E-state index is 12.7. The number of hydrogen-bond donors (Lipinski definition) is 2. The van der Waals surface area contributed by atoms with Crippen LogP contribution in [-0.4, -0.2) is 26.9 Å². The Kier molecular flexibility index (Phi) is 7.17. The van der Waals surface area contributed by atoms with Crippen LogP contribution in [0.1, 0.15) is 49.5 Å². The van der Waals surface area contributed by atoms with E-state index in [0.717, 1.165) is 41.4 Å². The largest absolute Gasteiger partial charge is 0.346 e. The minimum Gasteiger partial charge on any atom is -0.346 e. The lowest BCUT2D eigenvalue weighted by molar-refractivity contribution is -0.122. The predicted molar refractivity (Wildman–Crippen MR) is 124 cm³/mol. The lowest BCUT2D eigenvalue weighted by Gasteiger charge is -2.17. The number of hydrogen-bond acceptors (Lipinski definition) is 4. The Bertz CT molecular complexity index is 889. The van der Waals surface area contributed by atoms with Crippen LogP contribution in [-0.2, 0) is 11.2 Å². The number of nitrogens with one attached hydrogen (secondary N) is 2. The van der Waals surface area contributed by atoms with E-state index in [1.807, 2.05) is 64.1 Å². The van der Waals surface area contributed by atoms with Crippen molar-refractivity contribution >= 4 is 38.5 Å².